The number of thiazole rings is 1. The molecule has 1 aromatic carbocycles. The van der Waals surface area contributed by atoms with Crippen molar-refractivity contribution in [3.63, 3.8) is 0 Å². The van der Waals surface area contributed by atoms with E-state index in [1.807, 2.05) is 29.6 Å². The number of aromatic nitrogens is 1. The normalized spacial score (nSPS) is 10.5. The Balaban J connectivity index is 1.60. The van der Waals surface area contributed by atoms with Crippen molar-refractivity contribution in [3.8, 4) is 22.8 Å². The van der Waals surface area contributed by atoms with E-state index in [0.29, 0.717) is 28.1 Å². The number of ether oxygens (including phenoxy) is 2. The van der Waals surface area contributed by atoms with Gasteiger partial charge in [0.15, 0.2) is 5.13 Å². The van der Waals surface area contributed by atoms with Crippen molar-refractivity contribution in [1.29, 1.82) is 0 Å². The van der Waals surface area contributed by atoms with E-state index in [0.717, 1.165) is 17.0 Å². The lowest BCUT2D eigenvalue weighted by Crippen LogP contribution is -2.13. The molecule has 1 N–H and O–H groups in total. The number of anilines is 1. The zero-order valence-electron chi connectivity index (χ0n) is 14.4. The van der Waals surface area contributed by atoms with E-state index in [-0.39, 0.29) is 5.91 Å². The van der Waals surface area contributed by atoms with Crippen LogP contribution in [0.2, 0.25) is 0 Å². The third-order valence-electron chi connectivity index (χ3n) is 3.49. The van der Waals surface area contributed by atoms with Crippen LogP contribution in [-0.2, 0) is 10.5 Å². The lowest BCUT2D eigenvalue weighted by molar-refractivity contribution is -0.113. The molecule has 0 aliphatic heterocycles. The highest BCUT2D eigenvalue weighted by molar-refractivity contribution is 7.99. The zero-order valence-corrected chi connectivity index (χ0v) is 16.0. The summed E-state index contributed by atoms with van der Waals surface area (Å²) in [6.45, 7) is 0. The SMILES string of the molecule is COc1ccc(-c2csc(NC(=O)CSCc3ccco3)n2)c(OC)c1. The van der Waals surface area contributed by atoms with E-state index in [4.69, 9.17) is 13.9 Å². The summed E-state index contributed by atoms with van der Waals surface area (Å²) in [6, 6.07) is 9.26. The van der Waals surface area contributed by atoms with Crippen molar-refractivity contribution >= 4 is 34.1 Å². The number of nitrogens with zero attached hydrogens (tertiary/aromatic N) is 1. The first-order valence-electron chi connectivity index (χ1n) is 7.77. The molecule has 6 nitrogen and oxygen atoms in total. The number of nitrogens with one attached hydrogen (secondary N) is 1. The monoisotopic (exact) mass is 390 g/mol. The minimum atomic E-state index is -0.0934. The van der Waals surface area contributed by atoms with Gasteiger partial charge < -0.3 is 19.2 Å². The van der Waals surface area contributed by atoms with E-state index in [9.17, 15) is 4.79 Å². The van der Waals surface area contributed by atoms with Crippen LogP contribution in [0.5, 0.6) is 11.5 Å². The van der Waals surface area contributed by atoms with Gasteiger partial charge in [-0.25, -0.2) is 4.98 Å². The van der Waals surface area contributed by atoms with Gasteiger partial charge in [-0.3, -0.25) is 4.79 Å². The number of amides is 1. The molecule has 136 valence electrons. The summed E-state index contributed by atoms with van der Waals surface area (Å²) in [5.41, 5.74) is 1.59. The molecule has 0 saturated heterocycles. The van der Waals surface area contributed by atoms with Crippen molar-refractivity contribution in [1.82, 2.24) is 4.98 Å². The number of furan rings is 1. The average molecular weight is 390 g/mol. The molecule has 2 aromatic heterocycles. The molecule has 0 saturated carbocycles. The molecule has 8 heteroatoms. The molecule has 2 heterocycles. The Labute approximate surface area is 159 Å². The quantitative estimate of drug-likeness (QED) is 0.618. The Morgan fingerprint density at radius 2 is 2.19 bits per heavy atom. The second kappa shape index (κ2) is 8.77. The van der Waals surface area contributed by atoms with Gasteiger partial charge in [-0.05, 0) is 24.3 Å². The second-order valence-electron chi connectivity index (χ2n) is 5.22. The first kappa shape index (κ1) is 18.3. The maximum absolute atomic E-state index is 12.1. The van der Waals surface area contributed by atoms with Crippen molar-refractivity contribution in [2.24, 2.45) is 0 Å². The fourth-order valence-corrected chi connectivity index (χ4v) is 3.71. The minimum absolute atomic E-state index is 0.0934. The standard InChI is InChI=1S/C18H18N2O4S2/c1-22-12-5-6-14(16(8-12)23-2)15-10-26-18(19-15)20-17(21)11-25-9-13-4-3-7-24-13/h3-8,10H,9,11H2,1-2H3,(H,19,20,21). The number of carbonyl (C=O) groups excluding carboxylic acids is 1. The zero-order chi connectivity index (χ0) is 18.4. The average Bonchev–Trinajstić information content (AvgIpc) is 3.33. The maximum Gasteiger partial charge on any atom is 0.236 e. The molecule has 26 heavy (non-hydrogen) atoms. The molecule has 1 amide bonds. The number of methoxy groups -OCH3 is 2. The van der Waals surface area contributed by atoms with Crippen LogP contribution in [0.25, 0.3) is 11.3 Å². The molecule has 0 unspecified atom stereocenters. The smallest absolute Gasteiger partial charge is 0.236 e. The summed E-state index contributed by atoms with van der Waals surface area (Å²) >= 11 is 2.86. The van der Waals surface area contributed by atoms with Crippen LogP contribution in [0.15, 0.2) is 46.4 Å². The van der Waals surface area contributed by atoms with Gasteiger partial charge in [-0.2, -0.15) is 0 Å². The first-order chi connectivity index (χ1) is 12.7. The Bertz CT molecular complexity index is 862. The fraction of sp³-hybridized carbons (Fsp3) is 0.222. The number of hydrogen-bond donors (Lipinski definition) is 1. The summed E-state index contributed by atoms with van der Waals surface area (Å²) in [7, 11) is 3.21. The summed E-state index contributed by atoms with van der Waals surface area (Å²) in [5.74, 6) is 3.13. The number of rotatable bonds is 8. The number of thioether (sulfide) groups is 1. The molecule has 0 radical (unpaired) electrons. The number of hydrogen-bond acceptors (Lipinski definition) is 7. The highest BCUT2D eigenvalue weighted by atomic mass is 32.2. The van der Waals surface area contributed by atoms with E-state index in [1.54, 1.807) is 26.5 Å². The molecule has 0 atom stereocenters. The highest BCUT2D eigenvalue weighted by Crippen LogP contribution is 2.34. The van der Waals surface area contributed by atoms with Gasteiger partial charge in [0.2, 0.25) is 5.91 Å². The van der Waals surface area contributed by atoms with Gasteiger partial charge in [-0.15, -0.1) is 23.1 Å². The largest absolute Gasteiger partial charge is 0.497 e. The van der Waals surface area contributed by atoms with Crippen LogP contribution in [0, 0.1) is 0 Å². The Morgan fingerprint density at radius 3 is 2.92 bits per heavy atom. The van der Waals surface area contributed by atoms with Gasteiger partial charge in [-0.1, -0.05) is 0 Å². The highest BCUT2D eigenvalue weighted by Gasteiger charge is 2.13. The molecular formula is C18H18N2O4S2. The van der Waals surface area contributed by atoms with Crippen molar-refractivity contribution in [2.75, 3.05) is 25.3 Å². The van der Waals surface area contributed by atoms with E-state index < -0.39 is 0 Å². The van der Waals surface area contributed by atoms with Crippen LogP contribution in [0.3, 0.4) is 0 Å². The third-order valence-corrected chi connectivity index (χ3v) is 5.21. The van der Waals surface area contributed by atoms with Crippen LogP contribution in [0.1, 0.15) is 5.76 Å². The van der Waals surface area contributed by atoms with Gasteiger partial charge in [0, 0.05) is 17.0 Å². The molecule has 3 aromatic rings. The summed E-state index contributed by atoms with van der Waals surface area (Å²) in [6.07, 6.45) is 1.63. The lowest BCUT2D eigenvalue weighted by Gasteiger charge is -2.08. The number of benzene rings is 1. The molecule has 0 aliphatic carbocycles. The Hall–Kier alpha value is -2.45. The first-order valence-corrected chi connectivity index (χ1v) is 9.81. The fourth-order valence-electron chi connectivity index (χ4n) is 2.26. The molecular weight excluding hydrogens is 372 g/mol. The molecule has 3 rings (SSSR count). The van der Waals surface area contributed by atoms with Crippen LogP contribution < -0.4 is 14.8 Å². The van der Waals surface area contributed by atoms with E-state index >= 15 is 0 Å². The third kappa shape index (κ3) is 4.59. The number of carbonyl (C=O) groups is 1. The van der Waals surface area contributed by atoms with Gasteiger partial charge in [0.25, 0.3) is 0 Å². The lowest BCUT2D eigenvalue weighted by atomic mass is 10.1. The molecule has 0 aliphatic rings. The van der Waals surface area contributed by atoms with Crippen molar-refractivity contribution in [2.45, 2.75) is 5.75 Å². The summed E-state index contributed by atoms with van der Waals surface area (Å²) in [5, 5.41) is 5.27. The van der Waals surface area contributed by atoms with Crippen molar-refractivity contribution in [3.05, 3.63) is 47.7 Å². The minimum Gasteiger partial charge on any atom is -0.497 e. The summed E-state index contributed by atoms with van der Waals surface area (Å²) in [4.78, 5) is 16.5. The Morgan fingerprint density at radius 1 is 1.31 bits per heavy atom. The predicted octanol–water partition coefficient (Wildman–Crippen LogP) is 4.29. The van der Waals surface area contributed by atoms with Crippen LogP contribution in [0.4, 0.5) is 5.13 Å². The van der Waals surface area contributed by atoms with Crippen LogP contribution >= 0.6 is 23.1 Å². The molecule has 0 bridgehead atoms. The molecule has 0 fully saturated rings. The summed E-state index contributed by atoms with van der Waals surface area (Å²) < 4.78 is 15.9. The van der Waals surface area contributed by atoms with Crippen LogP contribution in [-0.4, -0.2) is 30.9 Å². The molecule has 0 spiro atoms. The van der Waals surface area contributed by atoms with Crippen molar-refractivity contribution < 1.29 is 18.7 Å². The maximum atomic E-state index is 12.1. The Kier molecular flexibility index (Phi) is 6.19. The second-order valence-corrected chi connectivity index (χ2v) is 7.07. The topological polar surface area (TPSA) is 73.6 Å². The van der Waals surface area contributed by atoms with E-state index in [1.165, 1.54) is 23.1 Å². The van der Waals surface area contributed by atoms with Gasteiger partial charge in [0.05, 0.1) is 37.7 Å². The van der Waals surface area contributed by atoms with Gasteiger partial charge in [0.1, 0.15) is 17.3 Å². The predicted molar refractivity (Wildman–Crippen MR) is 104 cm³/mol. The van der Waals surface area contributed by atoms with E-state index in [2.05, 4.69) is 10.3 Å². The van der Waals surface area contributed by atoms with Gasteiger partial charge >= 0.3 is 0 Å².